The largest absolute Gasteiger partial charge is 0.490 e. The molecule has 1 fully saturated rings. The molecule has 9 heteroatoms. The quantitative estimate of drug-likeness (QED) is 0.252. The Labute approximate surface area is 191 Å². The first-order valence-electron chi connectivity index (χ1n) is 10.6. The molecule has 0 unspecified atom stereocenters. The summed E-state index contributed by atoms with van der Waals surface area (Å²) in [6.45, 7) is 3.50. The number of carbonyl (C=O) groups excluding carboxylic acids is 1. The van der Waals surface area contributed by atoms with E-state index in [9.17, 15) is 20.2 Å². The molecule has 33 heavy (non-hydrogen) atoms. The minimum absolute atomic E-state index is 0.00867. The number of non-ortho nitro benzene ring substituents is 1. The highest BCUT2D eigenvalue weighted by molar-refractivity contribution is 6.01. The maximum Gasteiger partial charge on any atom is 0.269 e. The van der Waals surface area contributed by atoms with E-state index in [1.54, 1.807) is 30.3 Å². The highest BCUT2D eigenvalue weighted by Gasteiger charge is 2.18. The van der Waals surface area contributed by atoms with Gasteiger partial charge in [-0.3, -0.25) is 14.9 Å². The first-order chi connectivity index (χ1) is 16.0. The number of ether oxygens (including phenoxy) is 3. The maximum atomic E-state index is 12.4. The number of amides is 1. The van der Waals surface area contributed by atoms with Gasteiger partial charge in [0.15, 0.2) is 11.5 Å². The summed E-state index contributed by atoms with van der Waals surface area (Å²) < 4.78 is 17.0. The lowest BCUT2D eigenvalue weighted by Gasteiger charge is -2.13. The molecule has 2 aromatic rings. The van der Waals surface area contributed by atoms with Gasteiger partial charge in [0.2, 0.25) is 0 Å². The Balaban J connectivity index is 1.68. The fourth-order valence-electron chi connectivity index (χ4n) is 3.30. The minimum atomic E-state index is -0.456. The summed E-state index contributed by atoms with van der Waals surface area (Å²) in [5.41, 5.74) is 1.37. The molecule has 9 nitrogen and oxygen atoms in total. The Hall–Kier alpha value is -3.90. The van der Waals surface area contributed by atoms with Gasteiger partial charge in [-0.2, -0.15) is 5.26 Å². The number of nitrogens with zero attached hydrogens (tertiary/aromatic N) is 2. The van der Waals surface area contributed by atoms with E-state index in [1.807, 2.05) is 13.0 Å². The van der Waals surface area contributed by atoms with Crippen molar-refractivity contribution in [1.82, 2.24) is 5.32 Å². The molecule has 2 aromatic carbocycles. The van der Waals surface area contributed by atoms with Crippen molar-refractivity contribution >= 4 is 17.7 Å². The SMILES string of the molecule is CCOc1cc(/C=C(\C#N)C(=O)NC[C@H]2CCCO2)ccc1OCc1ccc([N+](=O)[O-])cc1. The number of hydrogen-bond donors (Lipinski definition) is 1. The van der Waals surface area contributed by atoms with Gasteiger partial charge in [-0.1, -0.05) is 6.07 Å². The third-order valence-corrected chi connectivity index (χ3v) is 5.00. The number of hydrogen-bond acceptors (Lipinski definition) is 7. The molecule has 0 bridgehead atoms. The Morgan fingerprint density at radius 2 is 2.06 bits per heavy atom. The van der Waals surface area contributed by atoms with E-state index in [0.29, 0.717) is 36.8 Å². The smallest absolute Gasteiger partial charge is 0.269 e. The Kier molecular flexibility index (Phi) is 8.38. The van der Waals surface area contributed by atoms with Crippen molar-refractivity contribution in [2.45, 2.75) is 32.5 Å². The molecule has 1 heterocycles. The van der Waals surface area contributed by atoms with Gasteiger partial charge in [0.1, 0.15) is 18.2 Å². The van der Waals surface area contributed by atoms with E-state index >= 15 is 0 Å². The van der Waals surface area contributed by atoms with Crippen molar-refractivity contribution in [3.63, 3.8) is 0 Å². The van der Waals surface area contributed by atoms with Crippen LogP contribution in [0.15, 0.2) is 48.0 Å². The monoisotopic (exact) mass is 451 g/mol. The van der Waals surface area contributed by atoms with Crippen LogP contribution in [0, 0.1) is 21.4 Å². The molecule has 1 amide bonds. The number of benzene rings is 2. The fourth-order valence-corrected chi connectivity index (χ4v) is 3.30. The predicted octanol–water partition coefficient (Wildman–Crippen LogP) is 3.77. The fraction of sp³-hybridized carbons (Fsp3) is 0.333. The standard InChI is InChI=1S/C24H25N3O6/c1-2-31-23-13-18(12-19(14-25)24(28)26-15-21-4-3-11-32-21)7-10-22(23)33-16-17-5-8-20(9-6-17)27(29)30/h5-10,12-13,21H,2-4,11,15-16H2,1H3,(H,26,28)/b19-12+/t21-/m1/s1. The van der Waals surface area contributed by atoms with Gasteiger partial charge in [0.05, 0.1) is 17.6 Å². The third-order valence-electron chi connectivity index (χ3n) is 5.00. The van der Waals surface area contributed by atoms with E-state index in [0.717, 1.165) is 18.4 Å². The van der Waals surface area contributed by atoms with Crippen LogP contribution < -0.4 is 14.8 Å². The van der Waals surface area contributed by atoms with Crippen molar-refractivity contribution in [2.24, 2.45) is 0 Å². The van der Waals surface area contributed by atoms with Gasteiger partial charge in [-0.05, 0) is 61.2 Å². The predicted molar refractivity (Wildman–Crippen MR) is 121 cm³/mol. The zero-order valence-electron chi connectivity index (χ0n) is 18.3. The van der Waals surface area contributed by atoms with Crippen LogP contribution in [0.2, 0.25) is 0 Å². The van der Waals surface area contributed by atoms with Gasteiger partial charge in [-0.15, -0.1) is 0 Å². The molecule has 1 atom stereocenters. The van der Waals surface area contributed by atoms with Crippen LogP contribution in [0.25, 0.3) is 6.08 Å². The summed E-state index contributed by atoms with van der Waals surface area (Å²) in [5.74, 6) is 0.489. The summed E-state index contributed by atoms with van der Waals surface area (Å²) >= 11 is 0. The van der Waals surface area contributed by atoms with Crippen molar-refractivity contribution < 1.29 is 23.9 Å². The van der Waals surface area contributed by atoms with Crippen LogP contribution in [0.4, 0.5) is 5.69 Å². The molecule has 0 aromatic heterocycles. The number of nitro benzene ring substituents is 1. The summed E-state index contributed by atoms with van der Waals surface area (Å²) in [7, 11) is 0. The van der Waals surface area contributed by atoms with Crippen LogP contribution in [-0.2, 0) is 16.1 Å². The van der Waals surface area contributed by atoms with Gasteiger partial charge < -0.3 is 19.5 Å². The molecule has 1 aliphatic rings. The lowest BCUT2D eigenvalue weighted by Crippen LogP contribution is -2.32. The van der Waals surface area contributed by atoms with Gasteiger partial charge in [0.25, 0.3) is 11.6 Å². The second-order valence-electron chi connectivity index (χ2n) is 7.37. The topological polar surface area (TPSA) is 124 Å². The van der Waals surface area contributed by atoms with Crippen LogP contribution in [0.5, 0.6) is 11.5 Å². The van der Waals surface area contributed by atoms with Gasteiger partial charge in [0, 0.05) is 25.3 Å². The Morgan fingerprint density at radius 3 is 2.70 bits per heavy atom. The molecule has 0 aliphatic carbocycles. The van der Waals surface area contributed by atoms with Crippen LogP contribution in [-0.4, -0.2) is 36.7 Å². The van der Waals surface area contributed by atoms with Crippen LogP contribution >= 0.6 is 0 Å². The Bertz CT molecular complexity index is 1050. The molecule has 0 saturated carbocycles. The Morgan fingerprint density at radius 1 is 1.27 bits per heavy atom. The van der Waals surface area contributed by atoms with Gasteiger partial charge >= 0.3 is 0 Å². The normalized spacial score (nSPS) is 15.5. The second kappa shape index (κ2) is 11.6. The van der Waals surface area contributed by atoms with E-state index in [2.05, 4.69) is 5.32 Å². The summed E-state index contributed by atoms with van der Waals surface area (Å²) in [6.07, 6.45) is 3.35. The number of rotatable bonds is 10. The maximum absolute atomic E-state index is 12.4. The average Bonchev–Trinajstić information content (AvgIpc) is 3.34. The summed E-state index contributed by atoms with van der Waals surface area (Å²) in [6, 6.07) is 13.1. The zero-order valence-corrected chi connectivity index (χ0v) is 18.3. The highest BCUT2D eigenvalue weighted by atomic mass is 16.6. The molecule has 3 rings (SSSR count). The third kappa shape index (κ3) is 6.79. The molecular formula is C24H25N3O6. The van der Waals surface area contributed by atoms with E-state index in [4.69, 9.17) is 14.2 Å². The van der Waals surface area contributed by atoms with Crippen molar-refractivity contribution in [1.29, 1.82) is 5.26 Å². The van der Waals surface area contributed by atoms with E-state index in [-0.39, 0.29) is 24.0 Å². The summed E-state index contributed by atoms with van der Waals surface area (Å²) in [5, 5.41) is 23.0. The first-order valence-corrected chi connectivity index (χ1v) is 10.6. The molecule has 172 valence electrons. The van der Waals surface area contributed by atoms with Crippen LogP contribution in [0.1, 0.15) is 30.9 Å². The van der Waals surface area contributed by atoms with Crippen molar-refractivity contribution in [3.8, 4) is 17.6 Å². The lowest BCUT2D eigenvalue weighted by atomic mass is 10.1. The average molecular weight is 451 g/mol. The molecule has 1 saturated heterocycles. The molecule has 0 radical (unpaired) electrons. The van der Waals surface area contributed by atoms with Crippen molar-refractivity contribution in [3.05, 3.63) is 69.3 Å². The molecular weight excluding hydrogens is 426 g/mol. The lowest BCUT2D eigenvalue weighted by molar-refractivity contribution is -0.384. The van der Waals surface area contributed by atoms with Crippen LogP contribution in [0.3, 0.4) is 0 Å². The highest BCUT2D eigenvalue weighted by Crippen LogP contribution is 2.30. The number of nitriles is 1. The van der Waals surface area contributed by atoms with E-state index < -0.39 is 10.8 Å². The summed E-state index contributed by atoms with van der Waals surface area (Å²) in [4.78, 5) is 22.7. The zero-order chi connectivity index (χ0) is 23.6. The number of nitrogens with one attached hydrogen (secondary N) is 1. The molecule has 1 aliphatic heterocycles. The molecule has 1 N–H and O–H groups in total. The van der Waals surface area contributed by atoms with Crippen molar-refractivity contribution in [2.75, 3.05) is 19.8 Å². The first kappa shape index (κ1) is 23.8. The number of carbonyl (C=O) groups is 1. The van der Waals surface area contributed by atoms with Gasteiger partial charge in [-0.25, -0.2) is 0 Å². The molecule has 0 spiro atoms. The second-order valence-corrected chi connectivity index (χ2v) is 7.37. The van der Waals surface area contributed by atoms with E-state index in [1.165, 1.54) is 18.2 Å². The minimum Gasteiger partial charge on any atom is -0.490 e. The number of nitro groups is 1.